The number of hydrogen-bond acceptors (Lipinski definition) is 9. The van der Waals surface area contributed by atoms with Crippen molar-refractivity contribution in [3.8, 4) is 22.7 Å². The monoisotopic (exact) mass is 703 g/mol. The molecule has 4 aromatic rings. The zero-order valence-corrected chi connectivity index (χ0v) is 27.2. The second kappa shape index (κ2) is 13.5. The Bertz CT molecular complexity index is 1850. The molecule has 10 nitrogen and oxygen atoms in total. The number of benzene rings is 2. The number of carbonyl (C=O) groups excluding carboxylic acids is 1. The molecule has 2 fully saturated rings. The van der Waals surface area contributed by atoms with E-state index in [1.54, 1.807) is 19.9 Å². The molecule has 16 heteroatoms. The molecular formula is C34H35F6N7O3. The zero-order valence-electron chi connectivity index (χ0n) is 27.2. The van der Waals surface area contributed by atoms with E-state index in [1.165, 1.54) is 41.2 Å². The van der Waals surface area contributed by atoms with Crippen LogP contribution in [-0.4, -0.2) is 64.2 Å². The number of anilines is 2. The number of aromatic nitrogens is 4. The van der Waals surface area contributed by atoms with Gasteiger partial charge >= 0.3 is 18.3 Å². The normalized spacial score (nSPS) is 18.3. The number of nitrogens with one attached hydrogen (secondary N) is 1. The number of hydrogen-bond donors (Lipinski definition) is 2. The van der Waals surface area contributed by atoms with Crippen LogP contribution >= 0.6 is 0 Å². The van der Waals surface area contributed by atoms with Gasteiger partial charge in [-0.25, -0.2) is 4.68 Å². The molecule has 2 aromatic heterocycles. The first kappa shape index (κ1) is 35.0. The lowest BCUT2D eigenvalue weighted by molar-refractivity contribution is -0.198. The van der Waals surface area contributed by atoms with E-state index in [-0.39, 0.29) is 45.8 Å². The van der Waals surface area contributed by atoms with E-state index in [0.717, 1.165) is 18.2 Å². The van der Waals surface area contributed by atoms with Crippen LogP contribution < -0.4 is 20.7 Å². The smallest absolute Gasteiger partial charge is 0.429 e. The number of halogens is 6. The maximum atomic E-state index is 14.9. The fraction of sp³-hybridized carbons (Fsp3) is 0.412. The second-order valence-electron chi connectivity index (χ2n) is 12.6. The number of esters is 1. The average Bonchev–Trinajstić information content (AvgIpc) is 3.69. The molecule has 2 saturated heterocycles. The maximum absolute atomic E-state index is 14.9. The van der Waals surface area contributed by atoms with Gasteiger partial charge in [0.25, 0.3) is 0 Å². The number of rotatable bonds is 8. The summed E-state index contributed by atoms with van der Waals surface area (Å²) in [6.07, 6.45) is -8.65. The highest BCUT2D eigenvalue weighted by atomic mass is 19.4. The van der Waals surface area contributed by atoms with E-state index < -0.39 is 29.9 Å². The number of nitrogens with zero attached hydrogens (tertiary/aromatic N) is 5. The third kappa shape index (κ3) is 7.49. The lowest BCUT2D eigenvalue weighted by atomic mass is 9.76. The summed E-state index contributed by atoms with van der Waals surface area (Å²) >= 11 is 0. The van der Waals surface area contributed by atoms with Crippen molar-refractivity contribution in [1.82, 2.24) is 25.1 Å². The molecule has 1 spiro atoms. The van der Waals surface area contributed by atoms with Crippen molar-refractivity contribution in [3.63, 3.8) is 0 Å². The summed E-state index contributed by atoms with van der Waals surface area (Å²) in [6, 6.07) is 10.8. The van der Waals surface area contributed by atoms with Gasteiger partial charge in [0.2, 0.25) is 17.9 Å². The summed E-state index contributed by atoms with van der Waals surface area (Å²) in [5.74, 6) is -0.692. The van der Waals surface area contributed by atoms with Gasteiger partial charge in [0.05, 0.1) is 23.6 Å². The third-order valence-corrected chi connectivity index (χ3v) is 9.13. The van der Waals surface area contributed by atoms with Crippen molar-refractivity contribution in [2.45, 2.75) is 57.6 Å². The van der Waals surface area contributed by atoms with Crippen LogP contribution in [0.25, 0.3) is 16.8 Å². The fourth-order valence-corrected chi connectivity index (χ4v) is 6.57. The molecule has 2 aliphatic rings. The van der Waals surface area contributed by atoms with Crippen molar-refractivity contribution in [1.29, 1.82) is 0 Å². The summed E-state index contributed by atoms with van der Waals surface area (Å²) < 4.78 is 96.9. The quantitative estimate of drug-likeness (QED) is 0.158. The molecule has 0 bridgehead atoms. The Morgan fingerprint density at radius 3 is 2.44 bits per heavy atom. The first-order chi connectivity index (χ1) is 23.6. The number of ether oxygens (including phenoxy) is 2. The van der Waals surface area contributed by atoms with Gasteiger partial charge in [0.1, 0.15) is 11.9 Å². The summed E-state index contributed by atoms with van der Waals surface area (Å²) in [7, 11) is 0. The van der Waals surface area contributed by atoms with Gasteiger partial charge in [-0.05, 0) is 73.9 Å². The number of nitrogens with two attached hydrogens (primary N) is 1. The molecule has 6 rings (SSSR count). The predicted octanol–water partition coefficient (Wildman–Crippen LogP) is 6.43. The average molecular weight is 704 g/mol. The van der Waals surface area contributed by atoms with Crippen molar-refractivity contribution in [2.24, 2.45) is 5.41 Å². The largest absolute Gasteiger partial charge is 0.465 e. The third-order valence-electron chi connectivity index (χ3n) is 9.13. The molecule has 1 unspecified atom stereocenters. The summed E-state index contributed by atoms with van der Waals surface area (Å²) in [6.45, 7) is 5.36. The van der Waals surface area contributed by atoms with E-state index in [0.29, 0.717) is 57.0 Å². The number of aryl methyl sites for hydroxylation is 1. The van der Waals surface area contributed by atoms with Gasteiger partial charge in [-0.15, -0.1) is 0 Å². The van der Waals surface area contributed by atoms with Gasteiger partial charge in [0.15, 0.2) is 0 Å². The molecule has 0 amide bonds. The van der Waals surface area contributed by atoms with Crippen LogP contribution in [0.1, 0.15) is 49.1 Å². The predicted molar refractivity (Wildman–Crippen MR) is 172 cm³/mol. The van der Waals surface area contributed by atoms with E-state index in [1.807, 2.05) is 4.90 Å². The highest BCUT2D eigenvalue weighted by Gasteiger charge is 2.46. The van der Waals surface area contributed by atoms with Crippen LogP contribution in [0.4, 0.5) is 38.1 Å². The zero-order chi connectivity index (χ0) is 35.8. The van der Waals surface area contributed by atoms with Crippen LogP contribution in [0.5, 0.6) is 5.88 Å². The molecule has 0 radical (unpaired) electrons. The van der Waals surface area contributed by atoms with Crippen LogP contribution in [0.2, 0.25) is 0 Å². The number of nitrogen functional groups attached to an aromatic ring is 1. The molecule has 0 aliphatic carbocycles. The molecule has 2 aliphatic heterocycles. The minimum absolute atomic E-state index is 0.0507. The Hall–Kier alpha value is -4.86. The van der Waals surface area contributed by atoms with Gasteiger partial charge in [-0.2, -0.15) is 41.4 Å². The van der Waals surface area contributed by atoms with Gasteiger partial charge in [0, 0.05) is 37.5 Å². The van der Waals surface area contributed by atoms with Crippen molar-refractivity contribution in [3.05, 3.63) is 77.6 Å². The van der Waals surface area contributed by atoms with Gasteiger partial charge < -0.3 is 25.4 Å². The molecular weight excluding hydrogens is 668 g/mol. The first-order valence-corrected chi connectivity index (χ1v) is 16.0. The van der Waals surface area contributed by atoms with Crippen LogP contribution in [0.3, 0.4) is 0 Å². The Kier molecular flexibility index (Phi) is 9.41. The Balaban J connectivity index is 1.29. The number of piperidine rings is 1. The fourth-order valence-electron chi connectivity index (χ4n) is 6.57. The van der Waals surface area contributed by atoms with E-state index in [2.05, 4.69) is 20.4 Å². The van der Waals surface area contributed by atoms with Gasteiger partial charge in [-0.1, -0.05) is 24.3 Å². The number of alkyl halides is 6. The van der Waals surface area contributed by atoms with Crippen molar-refractivity contribution >= 4 is 17.7 Å². The summed E-state index contributed by atoms with van der Waals surface area (Å²) in [5, 5.41) is 7.53. The molecule has 50 heavy (non-hydrogen) atoms. The van der Waals surface area contributed by atoms with Crippen LogP contribution in [-0.2, 0) is 15.7 Å². The van der Waals surface area contributed by atoms with Gasteiger partial charge in [-0.3, -0.25) is 4.79 Å². The lowest BCUT2D eigenvalue weighted by Gasteiger charge is -2.39. The van der Waals surface area contributed by atoms with E-state index in [9.17, 15) is 31.1 Å². The Morgan fingerprint density at radius 2 is 1.78 bits per heavy atom. The molecule has 0 saturated carbocycles. The summed E-state index contributed by atoms with van der Waals surface area (Å²) in [5.41, 5.74) is 5.45. The molecule has 4 heterocycles. The second-order valence-corrected chi connectivity index (χ2v) is 12.6. The van der Waals surface area contributed by atoms with Crippen molar-refractivity contribution in [2.75, 3.05) is 36.9 Å². The molecule has 266 valence electrons. The lowest BCUT2D eigenvalue weighted by Crippen LogP contribution is -2.41. The number of carbonyl (C=O) groups is 1. The Morgan fingerprint density at radius 1 is 1.04 bits per heavy atom. The summed E-state index contributed by atoms with van der Waals surface area (Å²) in [4.78, 5) is 22.4. The first-order valence-electron chi connectivity index (χ1n) is 16.0. The standard InChI is InChI=1S/C34H35F6N7O3/c1-3-49-30(48)25-18-32(19-42-25)10-13-46(14-11-32)27-17-28(44-31(41)43-27)50-29(34(38,39)40)24-8-7-22(16-26(24)47-12-9-20(2)45-47)21-5-4-6-23(15-21)33(35,36)37/h4-9,12,15-17,25,29,42H,3,10-11,13-14,18-19H2,1-2H3,(H2,41,43,44)/t25?,29-/m1/s1. The highest BCUT2D eigenvalue weighted by molar-refractivity contribution is 5.76. The van der Waals surface area contributed by atoms with E-state index in [4.69, 9.17) is 15.2 Å². The van der Waals surface area contributed by atoms with E-state index >= 15 is 0 Å². The topological polar surface area (TPSA) is 120 Å². The Labute approximate surface area is 283 Å². The SMILES string of the molecule is CCOC(=O)C1CC2(CCN(c3cc(O[C@H](c4ccc(-c5cccc(C(F)(F)F)c5)cc4-n4ccc(C)n4)C(F)(F)F)nc(N)n3)CC2)CN1. The molecule has 3 N–H and O–H groups in total. The molecule has 2 atom stereocenters. The highest BCUT2D eigenvalue weighted by Crippen LogP contribution is 2.43. The minimum atomic E-state index is -4.96. The van der Waals surface area contributed by atoms with Crippen LogP contribution in [0, 0.1) is 12.3 Å². The van der Waals surface area contributed by atoms with Crippen LogP contribution in [0.15, 0.2) is 60.8 Å². The molecule has 2 aromatic carbocycles. The van der Waals surface area contributed by atoms with Crippen molar-refractivity contribution < 1.29 is 40.6 Å². The maximum Gasteiger partial charge on any atom is 0.429 e. The minimum Gasteiger partial charge on any atom is -0.465 e.